The van der Waals surface area contributed by atoms with Gasteiger partial charge in [0.2, 0.25) is 0 Å². The summed E-state index contributed by atoms with van der Waals surface area (Å²) in [5.74, 6) is 7.35. The zero-order chi connectivity index (χ0) is 16.7. The molecule has 0 atom stereocenters. The number of allylic oxidation sites excluding steroid dienone is 3. The third-order valence-electron chi connectivity index (χ3n) is 3.59. The molecule has 120 valence electrons. The van der Waals surface area contributed by atoms with E-state index in [0.717, 1.165) is 33.9 Å². The molecule has 2 aromatic rings. The molecule has 4 nitrogen and oxygen atoms in total. The predicted molar refractivity (Wildman–Crippen MR) is 94.9 cm³/mol. The second-order valence-electron chi connectivity index (χ2n) is 4.90. The quantitative estimate of drug-likeness (QED) is 0.486. The fourth-order valence-corrected chi connectivity index (χ4v) is 2.25. The summed E-state index contributed by atoms with van der Waals surface area (Å²) in [5, 5.41) is 0. The fourth-order valence-electron chi connectivity index (χ4n) is 2.25. The van der Waals surface area contributed by atoms with E-state index in [1.807, 2.05) is 67.6 Å². The molecule has 0 aliphatic carbocycles. The van der Waals surface area contributed by atoms with Crippen molar-refractivity contribution in [2.45, 2.75) is 6.92 Å². The van der Waals surface area contributed by atoms with Crippen LogP contribution >= 0.6 is 0 Å². The van der Waals surface area contributed by atoms with E-state index in [-0.39, 0.29) is 0 Å². The Bertz CT molecular complexity index is 686. The van der Waals surface area contributed by atoms with Crippen LogP contribution in [0.3, 0.4) is 0 Å². The largest absolute Gasteiger partial charge is 0.497 e. The van der Waals surface area contributed by atoms with Gasteiger partial charge < -0.3 is 14.9 Å². The lowest BCUT2D eigenvalue weighted by atomic mass is 10.0. The molecule has 2 rings (SSSR count). The third kappa shape index (κ3) is 4.14. The molecule has 4 heteroatoms. The van der Waals surface area contributed by atoms with Crippen LogP contribution in [0.4, 0.5) is 0 Å². The lowest BCUT2D eigenvalue weighted by molar-refractivity contribution is 0.414. The Morgan fingerprint density at radius 3 is 1.74 bits per heavy atom. The average Bonchev–Trinajstić information content (AvgIpc) is 2.63. The fraction of sp³-hybridized carbons (Fsp3) is 0.158. The van der Waals surface area contributed by atoms with E-state index in [0.29, 0.717) is 0 Å². The Balaban J connectivity index is 2.32. The highest BCUT2D eigenvalue weighted by Crippen LogP contribution is 2.24. The first-order valence-corrected chi connectivity index (χ1v) is 7.35. The van der Waals surface area contributed by atoms with Gasteiger partial charge in [-0.15, -0.1) is 0 Å². The van der Waals surface area contributed by atoms with Crippen molar-refractivity contribution in [3.63, 3.8) is 0 Å². The van der Waals surface area contributed by atoms with E-state index < -0.39 is 0 Å². The minimum atomic E-state index is 0.812. The van der Waals surface area contributed by atoms with Gasteiger partial charge in [0.25, 0.3) is 0 Å². The molecule has 0 saturated heterocycles. The zero-order valence-corrected chi connectivity index (χ0v) is 13.7. The van der Waals surface area contributed by atoms with Gasteiger partial charge >= 0.3 is 0 Å². The maximum atomic E-state index is 5.71. The maximum Gasteiger partial charge on any atom is 0.118 e. The maximum absolute atomic E-state index is 5.71. The molecular weight excluding hydrogens is 288 g/mol. The first kappa shape index (κ1) is 16.6. The first-order chi connectivity index (χ1) is 11.2. The van der Waals surface area contributed by atoms with Crippen molar-refractivity contribution in [1.82, 2.24) is 5.43 Å². The van der Waals surface area contributed by atoms with Gasteiger partial charge in [-0.2, -0.15) is 0 Å². The number of nitrogens with one attached hydrogen (secondary N) is 1. The molecule has 0 spiro atoms. The number of ether oxygens (including phenoxy) is 2. The van der Waals surface area contributed by atoms with Crippen LogP contribution in [0.2, 0.25) is 0 Å². The summed E-state index contributed by atoms with van der Waals surface area (Å²) in [5.41, 5.74) is 6.74. The second kappa shape index (κ2) is 8.06. The molecular formula is C19H22N2O2. The normalized spacial score (nSPS) is 12.0. The van der Waals surface area contributed by atoms with Crippen molar-refractivity contribution in [1.29, 1.82) is 0 Å². The summed E-state index contributed by atoms with van der Waals surface area (Å²) in [7, 11) is 3.31. The highest BCUT2D eigenvalue weighted by atomic mass is 16.5. The Kier molecular flexibility index (Phi) is 5.83. The molecule has 3 N–H and O–H groups in total. The van der Waals surface area contributed by atoms with E-state index in [1.54, 1.807) is 14.2 Å². The monoisotopic (exact) mass is 310 g/mol. The van der Waals surface area contributed by atoms with E-state index in [9.17, 15) is 0 Å². The van der Waals surface area contributed by atoms with E-state index in [1.165, 1.54) is 0 Å². The lowest BCUT2D eigenvalue weighted by Gasteiger charge is -2.10. The Hall–Kier alpha value is -2.72. The summed E-state index contributed by atoms with van der Waals surface area (Å²) >= 11 is 0. The van der Waals surface area contributed by atoms with E-state index in [2.05, 4.69) is 5.43 Å². The van der Waals surface area contributed by atoms with Crippen LogP contribution in [-0.4, -0.2) is 14.2 Å². The molecule has 0 aromatic heterocycles. The van der Waals surface area contributed by atoms with Gasteiger partial charge in [0, 0.05) is 0 Å². The van der Waals surface area contributed by atoms with Gasteiger partial charge in [-0.3, -0.25) is 5.84 Å². The molecule has 0 bridgehead atoms. The third-order valence-corrected chi connectivity index (χ3v) is 3.59. The standard InChI is InChI=1S/C19H22N2O2/c1-4-14(15-5-9-17(22-2)10-6-15)13-19(21-20)16-7-11-18(23-3)12-8-16/h4-13,21H,20H2,1-3H3/b14-4+,19-13-. The van der Waals surface area contributed by atoms with Gasteiger partial charge in [0.15, 0.2) is 0 Å². The topological polar surface area (TPSA) is 56.5 Å². The Morgan fingerprint density at radius 1 is 0.870 bits per heavy atom. The molecule has 0 unspecified atom stereocenters. The van der Waals surface area contributed by atoms with Crippen molar-refractivity contribution in [2.75, 3.05) is 14.2 Å². The SMILES string of the molecule is C/C=C(\C=C(/NN)c1ccc(OC)cc1)c1ccc(OC)cc1. The Morgan fingerprint density at radius 2 is 1.35 bits per heavy atom. The van der Waals surface area contributed by atoms with E-state index in [4.69, 9.17) is 15.3 Å². The van der Waals surface area contributed by atoms with Gasteiger partial charge in [-0.25, -0.2) is 0 Å². The summed E-state index contributed by atoms with van der Waals surface area (Å²) in [6.07, 6.45) is 4.06. The van der Waals surface area contributed by atoms with Crippen LogP contribution in [0.25, 0.3) is 11.3 Å². The van der Waals surface area contributed by atoms with Gasteiger partial charge in [0.1, 0.15) is 11.5 Å². The van der Waals surface area contributed by atoms with Crippen molar-refractivity contribution >= 4 is 11.3 Å². The van der Waals surface area contributed by atoms with Crippen molar-refractivity contribution in [3.8, 4) is 11.5 Å². The molecule has 0 heterocycles. The number of nitrogens with two attached hydrogens (primary N) is 1. The average molecular weight is 310 g/mol. The summed E-state index contributed by atoms with van der Waals surface area (Å²) < 4.78 is 10.4. The highest BCUT2D eigenvalue weighted by Gasteiger charge is 2.04. The summed E-state index contributed by atoms with van der Waals surface area (Å²) in [4.78, 5) is 0. The second-order valence-corrected chi connectivity index (χ2v) is 4.90. The molecule has 0 radical (unpaired) electrons. The zero-order valence-electron chi connectivity index (χ0n) is 13.7. The van der Waals surface area contributed by atoms with Crippen LogP contribution in [0.15, 0.2) is 60.7 Å². The molecule has 23 heavy (non-hydrogen) atoms. The number of rotatable bonds is 6. The minimum Gasteiger partial charge on any atom is -0.497 e. The molecule has 0 saturated carbocycles. The van der Waals surface area contributed by atoms with Crippen LogP contribution in [-0.2, 0) is 0 Å². The highest BCUT2D eigenvalue weighted by molar-refractivity contribution is 5.83. The summed E-state index contributed by atoms with van der Waals surface area (Å²) in [6.45, 7) is 2.00. The van der Waals surface area contributed by atoms with Gasteiger partial charge in [0.05, 0.1) is 19.9 Å². The van der Waals surface area contributed by atoms with Crippen LogP contribution < -0.4 is 20.7 Å². The summed E-state index contributed by atoms with van der Waals surface area (Å²) in [6, 6.07) is 15.7. The number of hydrazine groups is 1. The van der Waals surface area contributed by atoms with Crippen LogP contribution in [0, 0.1) is 0 Å². The molecule has 0 amide bonds. The Labute approximate surface area is 137 Å². The van der Waals surface area contributed by atoms with Crippen LogP contribution in [0.5, 0.6) is 11.5 Å². The van der Waals surface area contributed by atoms with Crippen molar-refractivity contribution in [2.24, 2.45) is 5.84 Å². The minimum absolute atomic E-state index is 0.812. The number of benzene rings is 2. The van der Waals surface area contributed by atoms with E-state index >= 15 is 0 Å². The lowest BCUT2D eigenvalue weighted by Crippen LogP contribution is -2.20. The van der Waals surface area contributed by atoms with Crippen LogP contribution in [0.1, 0.15) is 18.1 Å². The molecule has 0 aliphatic heterocycles. The number of hydrogen-bond acceptors (Lipinski definition) is 4. The molecule has 0 aliphatic rings. The smallest absolute Gasteiger partial charge is 0.118 e. The first-order valence-electron chi connectivity index (χ1n) is 7.35. The van der Waals surface area contributed by atoms with Gasteiger partial charge in [-0.05, 0) is 66.1 Å². The van der Waals surface area contributed by atoms with Gasteiger partial charge in [-0.1, -0.05) is 18.2 Å². The molecule has 0 fully saturated rings. The van der Waals surface area contributed by atoms with Crippen molar-refractivity contribution in [3.05, 3.63) is 71.8 Å². The predicted octanol–water partition coefficient (Wildman–Crippen LogP) is 3.61. The molecule has 2 aromatic carbocycles. The van der Waals surface area contributed by atoms with Crippen molar-refractivity contribution < 1.29 is 9.47 Å². The number of methoxy groups -OCH3 is 2. The number of hydrogen-bond donors (Lipinski definition) is 2.